The molecule has 1 aromatic carbocycles. The Bertz CT molecular complexity index is 549. The number of rotatable bonds is 3. The molecule has 1 heterocycles. The van der Waals surface area contributed by atoms with E-state index in [2.05, 4.69) is 0 Å². The van der Waals surface area contributed by atoms with E-state index in [-0.39, 0.29) is 17.1 Å². The monoisotopic (exact) mass is 282 g/mol. The van der Waals surface area contributed by atoms with Crippen LogP contribution in [0.25, 0.3) is 0 Å². The molecule has 1 saturated heterocycles. The van der Waals surface area contributed by atoms with Crippen molar-refractivity contribution >= 4 is 10.1 Å². The summed E-state index contributed by atoms with van der Waals surface area (Å²) >= 11 is 0. The molecule has 1 saturated carbocycles. The second-order valence-corrected chi connectivity index (χ2v) is 6.94. The lowest BCUT2D eigenvalue weighted by atomic mass is 10.1. The zero-order valence-electron chi connectivity index (χ0n) is 10.9. The normalized spacial score (nSPS) is 30.5. The molecule has 1 aromatic rings. The fraction of sp³-hybridized carbons (Fsp3) is 0.571. The van der Waals surface area contributed by atoms with Crippen molar-refractivity contribution in [2.45, 2.75) is 43.3 Å². The van der Waals surface area contributed by atoms with Crippen LogP contribution in [0.4, 0.5) is 0 Å². The first-order chi connectivity index (χ1) is 9.06. The van der Waals surface area contributed by atoms with Crippen molar-refractivity contribution in [3.63, 3.8) is 0 Å². The van der Waals surface area contributed by atoms with Crippen LogP contribution in [0.3, 0.4) is 0 Å². The quantitative estimate of drug-likeness (QED) is 0.798. The predicted octanol–water partition coefficient (Wildman–Crippen LogP) is 2.27. The van der Waals surface area contributed by atoms with Crippen molar-refractivity contribution in [2.75, 3.05) is 6.61 Å². The second-order valence-electron chi connectivity index (χ2n) is 5.36. The van der Waals surface area contributed by atoms with E-state index in [1.54, 1.807) is 24.3 Å². The highest BCUT2D eigenvalue weighted by Gasteiger charge is 2.43. The van der Waals surface area contributed by atoms with Gasteiger partial charge >= 0.3 is 0 Å². The molecule has 3 atom stereocenters. The van der Waals surface area contributed by atoms with Gasteiger partial charge in [0.05, 0.1) is 11.0 Å². The van der Waals surface area contributed by atoms with E-state index in [9.17, 15) is 8.42 Å². The summed E-state index contributed by atoms with van der Waals surface area (Å²) in [6.45, 7) is 2.64. The fourth-order valence-corrected chi connectivity index (χ4v) is 4.06. The zero-order chi connectivity index (χ0) is 13.5. The highest BCUT2D eigenvalue weighted by molar-refractivity contribution is 7.86. The third-order valence-electron chi connectivity index (χ3n) is 4.01. The molecule has 0 spiro atoms. The summed E-state index contributed by atoms with van der Waals surface area (Å²) in [6, 6.07) is 6.73. The van der Waals surface area contributed by atoms with Gasteiger partial charge in [0.25, 0.3) is 10.1 Å². The molecule has 2 aliphatic rings. The van der Waals surface area contributed by atoms with Crippen molar-refractivity contribution in [1.82, 2.24) is 0 Å². The number of hydrogen-bond donors (Lipinski definition) is 0. The molecule has 0 bridgehead atoms. The molecule has 0 N–H and O–H groups in total. The van der Waals surface area contributed by atoms with Crippen LogP contribution in [-0.4, -0.2) is 27.2 Å². The number of ether oxygens (including phenoxy) is 1. The molecule has 0 amide bonds. The molecule has 5 heteroatoms. The van der Waals surface area contributed by atoms with Crippen LogP contribution in [0.15, 0.2) is 29.2 Å². The van der Waals surface area contributed by atoms with Crippen LogP contribution < -0.4 is 0 Å². The number of aryl methyl sites for hydroxylation is 1. The maximum Gasteiger partial charge on any atom is 0.297 e. The van der Waals surface area contributed by atoms with E-state index in [4.69, 9.17) is 8.92 Å². The van der Waals surface area contributed by atoms with E-state index >= 15 is 0 Å². The van der Waals surface area contributed by atoms with Gasteiger partial charge in [-0.2, -0.15) is 8.42 Å². The lowest BCUT2D eigenvalue weighted by Crippen LogP contribution is -2.28. The summed E-state index contributed by atoms with van der Waals surface area (Å²) in [5.74, 6) is 0.471. The molecule has 3 rings (SSSR count). The van der Waals surface area contributed by atoms with Crippen LogP contribution in [0, 0.1) is 12.8 Å². The van der Waals surface area contributed by atoms with Crippen LogP contribution in [-0.2, 0) is 19.0 Å². The van der Waals surface area contributed by atoms with E-state index < -0.39 is 10.1 Å². The van der Waals surface area contributed by atoms with Crippen LogP contribution in [0.2, 0.25) is 0 Å². The lowest BCUT2D eigenvalue weighted by molar-refractivity contribution is 0.0224. The first-order valence-electron chi connectivity index (χ1n) is 6.68. The highest BCUT2D eigenvalue weighted by atomic mass is 32.2. The van der Waals surface area contributed by atoms with Gasteiger partial charge in [0.2, 0.25) is 0 Å². The van der Waals surface area contributed by atoms with Crippen molar-refractivity contribution < 1.29 is 17.3 Å². The maximum atomic E-state index is 12.2. The van der Waals surface area contributed by atoms with Gasteiger partial charge in [-0.25, -0.2) is 0 Å². The average Bonchev–Trinajstić information content (AvgIpc) is 2.95. The molecule has 104 valence electrons. The highest BCUT2D eigenvalue weighted by Crippen LogP contribution is 2.38. The molecule has 3 unspecified atom stereocenters. The van der Waals surface area contributed by atoms with Crippen molar-refractivity contribution in [2.24, 2.45) is 5.92 Å². The Kier molecular flexibility index (Phi) is 3.37. The number of fused-ring (bicyclic) bond motifs is 1. The largest absolute Gasteiger partial charge is 0.375 e. The van der Waals surface area contributed by atoms with Gasteiger partial charge in [-0.3, -0.25) is 4.18 Å². The SMILES string of the molecule is Cc1ccc(S(=O)(=O)OC2CCC3CCOC32)cc1. The topological polar surface area (TPSA) is 52.6 Å². The lowest BCUT2D eigenvalue weighted by Gasteiger charge is -2.18. The molecule has 19 heavy (non-hydrogen) atoms. The first kappa shape index (κ1) is 13.1. The van der Waals surface area contributed by atoms with Crippen LogP contribution >= 0.6 is 0 Å². The third kappa shape index (κ3) is 2.55. The molecular formula is C14H18O4S. The summed E-state index contributed by atoms with van der Waals surface area (Å²) in [7, 11) is -3.68. The summed E-state index contributed by atoms with van der Waals surface area (Å²) in [6.07, 6.45) is 2.42. The van der Waals surface area contributed by atoms with E-state index in [0.29, 0.717) is 5.92 Å². The molecule has 0 radical (unpaired) electrons. The van der Waals surface area contributed by atoms with Gasteiger partial charge in [0.15, 0.2) is 0 Å². The molecule has 1 aliphatic heterocycles. The second kappa shape index (κ2) is 4.89. The van der Waals surface area contributed by atoms with Crippen LogP contribution in [0.5, 0.6) is 0 Å². The number of hydrogen-bond acceptors (Lipinski definition) is 4. The van der Waals surface area contributed by atoms with E-state index in [1.807, 2.05) is 6.92 Å². The van der Waals surface area contributed by atoms with Gasteiger partial charge in [0, 0.05) is 6.61 Å². The smallest absolute Gasteiger partial charge is 0.297 e. The van der Waals surface area contributed by atoms with Crippen molar-refractivity contribution in [3.05, 3.63) is 29.8 Å². The van der Waals surface area contributed by atoms with Gasteiger partial charge in [-0.15, -0.1) is 0 Å². The summed E-state index contributed by atoms with van der Waals surface area (Å²) in [5.41, 5.74) is 1.03. The molecule has 1 aliphatic carbocycles. The minimum absolute atomic E-state index is 0.0415. The Morgan fingerprint density at radius 2 is 1.89 bits per heavy atom. The van der Waals surface area contributed by atoms with E-state index in [1.165, 1.54) is 0 Å². The number of benzene rings is 1. The molecule has 4 nitrogen and oxygen atoms in total. The van der Waals surface area contributed by atoms with Gasteiger partial charge in [-0.1, -0.05) is 17.7 Å². The Labute approximate surface area is 113 Å². The predicted molar refractivity (Wildman–Crippen MR) is 70.3 cm³/mol. The fourth-order valence-electron chi connectivity index (χ4n) is 2.94. The minimum Gasteiger partial charge on any atom is -0.375 e. The Morgan fingerprint density at radius 1 is 1.16 bits per heavy atom. The summed E-state index contributed by atoms with van der Waals surface area (Å²) in [4.78, 5) is 0.222. The third-order valence-corrected chi connectivity index (χ3v) is 5.36. The summed E-state index contributed by atoms with van der Waals surface area (Å²) in [5, 5.41) is 0. The Balaban J connectivity index is 1.76. The van der Waals surface area contributed by atoms with Gasteiger partial charge in [0.1, 0.15) is 6.10 Å². The average molecular weight is 282 g/mol. The van der Waals surface area contributed by atoms with Crippen LogP contribution in [0.1, 0.15) is 24.8 Å². The van der Waals surface area contributed by atoms with E-state index in [0.717, 1.165) is 31.4 Å². The molecular weight excluding hydrogens is 264 g/mol. The minimum atomic E-state index is -3.68. The molecule has 2 fully saturated rings. The van der Waals surface area contributed by atoms with Crippen molar-refractivity contribution in [3.8, 4) is 0 Å². The Hall–Kier alpha value is -0.910. The standard InChI is InChI=1S/C14H18O4S/c1-10-2-5-12(6-3-10)19(15,16)18-13-7-4-11-8-9-17-14(11)13/h2-3,5-6,11,13-14H,4,7-9H2,1H3. The van der Waals surface area contributed by atoms with Gasteiger partial charge in [-0.05, 0) is 44.2 Å². The van der Waals surface area contributed by atoms with Crippen molar-refractivity contribution in [1.29, 1.82) is 0 Å². The Morgan fingerprint density at radius 3 is 2.63 bits per heavy atom. The summed E-state index contributed by atoms with van der Waals surface area (Å²) < 4.78 is 35.4. The van der Waals surface area contributed by atoms with Gasteiger partial charge < -0.3 is 4.74 Å². The maximum absolute atomic E-state index is 12.2. The first-order valence-corrected chi connectivity index (χ1v) is 8.09. The zero-order valence-corrected chi connectivity index (χ0v) is 11.7. The molecule has 0 aromatic heterocycles.